The minimum absolute atomic E-state index is 0.0117. The van der Waals surface area contributed by atoms with Crippen molar-refractivity contribution in [1.82, 2.24) is 9.80 Å². The second-order valence-corrected chi connectivity index (χ2v) is 7.88. The fourth-order valence-electron chi connectivity index (χ4n) is 4.98. The first-order valence-corrected chi connectivity index (χ1v) is 10.1. The van der Waals surface area contributed by atoms with E-state index in [0.29, 0.717) is 32.6 Å². The smallest absolute Gasteiger partial charge is 0.249 e. The fourth-order valence-corrected chi connectivity index (χ4v) is 4.98. The summed E-state index contributed by atoms with van der Waals surface area (Å²) in [4.78, 5) is 29.4. The van der Waals surface area contributed by atoms with Crippen LogP contribution in [-0.2, 0) is 25.7 Å². The molecule has 2 aromatic rings. The Morgan fingerprint density at radius 3 is 2.59 bits per heavy atom. The SMILES string of the molecule is O=C(COCc1ccccc1)N1CC[C@@]23OC[C@@H](c4ccccc4)N2C(=O)C[C@@H]13. The summed E-state index contributed by atoms with van der Waals surface area (Å²) in [5, 5.41) is 0. The summed E-state index contributed by atoms with van der Waals surface area (Å²) in [5.41, 5.74) is 1.42. The van der Waals surface area contributed by atoms with Crippen molar-refractivity contribution in [1.29, 1.82) is 0 Å². The van der Waals surface area contributed by atoms with Crippen LogP contribution in [0.4, 0.5) is 0 Å². The van der Waals surface area contributed by atoms with Crippen LogP contribution < -0.4 is 0 Å². The largest absolute Gasteiger partial charge is 0.367 e. The number of carbonyl (C=O) groups excluding carboxylic acids is 2. The molecule has 5 rings (SSSR count). The number of hydrogen-bond acceptors (Lipinski definition) is 4. The topological polar surface area (TPSA) is 59.1 Å². The third-order valence-electron chi connectivity index (χ3n) is 6.30. The Morgan fingerprint density at radius 1 is 1.10 bits per heavy atom. The molecule has 29 heavy (non-hydrogen) atoms. The van der Waals surface area contributed by atoms with Crippen molar-refractivity contribution in [3.63, 3.8) is 0 Å². The molecule has 150 valence electrons. The van der Waals surface area contributed by atoms with E-state index in [0.717, 1.165) is 11.1 Å². The second-order valence-electron chi connectivity index (χ2n) is 7.88. The van der Waals surface area contributed by atoms with Crippen LogP contribution in [-0.4, -0.2) is 53.1 Å². The molecule has 0 unspecified atom stereocenters. The average Bonchev–Trinajstić information content (AvgIpc) is 3.38. The van der Waals surface area contributed by atoms with Crippen molar-refractivity contribution in [3.8, 4) is 0 Å². The Bertz CT molecular complexity index is 904. The molecule has 3 aliphatic heterocycles. The molecule has 0 saturated carbocycles. The third kappa shape index (κ3) is 3.03. The molecule has 1 spiro atoms. The molecule has 3 fully saturated rings. The summed E-state index contributed by atoms with van der Waals surface area (Å²) in [6.45, 7) is 1.47. The van der Waals surface area contributed by atoms with Gasteiger partial charge in [0.1, 0.15) is 6.61 Å². The number of amides is 2. The van der Waals surface area contributed by atoms with E-state index >= 15 is 0 Å². The lowest BCUT2D eigenvalue weighted by Gasteiger charge is -2.33. The van der Waals surface area contributed by atoms with Gasteiger partial charge < -0.3 is 19.3 Å². The predicted octanol–water partition coefficient (Wildman–Crippen LogP) is 2.50. The van der Waals surface area contributed by atoms with Crippen LogP contribution >= 0.6 is 0 Å². The number of rotatable bonds is 5. The van der Waals surface area contributed by atoms with Gasteiger partial charge in [0.15, 0.2) is 5.72 Å². The molecule has 6 heteroatoms. The van der Waals surface area contributed by atoms with E-state index in [1.54, 1.807) is 4.90 Å². The molecule has 6 nitrogen and oxygen atoms in total. The lowest BCUT2D eigenvalue weighted by Crippen LogP contribution is -2.49. The molecule has 0 bridgehead atoms. The second kappa shape index (κ2) is 7.28. The van der Waals surface area contributed by atoms with Gasteiger partial charge in [-0.1, -0.05) is 60.7 Å². The van der Waals surface area contributed by atoms with Crippen molar-refractivity contribution in [2.75, 3.05) is 19.8 Å². The van der Waals surface area contributed by atoms with E-state index in [2.05, 4.69) is 0 Å². The molecule has 0 radical (unpaired) electrons. The van der Waals surface area contributed by atoms with Crippen molar-refractivity contribution < 1.29 is 19.1 Å². The molecule has 3 saturated heterocycles. The maximum Gasteiger partial charge on any atom is 0.249 e. The summed E-state index contributed by atoms with van der Waals surface area (Å²) < 4.78 is 11.9. The van der Waals surface area contributed by atoms with Crippen molar-refractivity contribution in [2.24, 2.45) is 0 Å². The lowest BCUT2D eigenvalue weighted by molar-refractivity contribution is -0.143. The zero-order valence-corrected chi connectivity index (χ0v) is 16.2. The van der Waals surface area contributed by atoms with Gasteiger partial charge in [-0.3, -0.25) is 9.59 Å². The number of likely N-dealkylation sites (tertiary alicyclic amines) is 1. The molecule has 3 atom stereocenters. The molecule has 3 heterocycles. The van der Waals surface area contributed by atoms with Gasteiger partial charge in [0, 0.05) is 13.0 Å². The zero-order chi connectivity index (χ0) is 19.8. The van der Waals surface area contributed by atoms with E-state index in [1.165, 1.54) is 0 Å². The minimum Gasteiger partial charge on any atom is -0.367 e. The monoisotopic (exact) mass is 392 g/mol. The third-order valence-corrected chi connectivity index (χ3v) is 6.30. The molecule has 2 amide bonds. The van der Waals surface area contributed by atoms with Crippen molar-refractivity contribution in [3.05, 3.63) is 71.8 Å². The van der Waals surface area contributed by atoms with Gasteiger partial charge in [0.05, 0.1) is 31.7 Å². The van der Waals surface area contributed by atoms with Gasteiger partial charge in [-0.05, 0) is 11.1 Å². The normalized spacial score (nSPS) is 27.9. The number of nitrogens with zero attached hydrogens (tertiary/aromatic N) is 2. The number of ether oxygens (including phenoxy) is 2. The maximum atomic E-state index is 12.9. The summed E-state index contributed by atoms with van der Waals surface area (Å²) in [7, 11) is 0. The first kappa shape index (κ1) is 18.3. The Labute approximate surface area is 170 Å². The van der Waals surface area contributed by atoms with E-state index in [9.17, 15) is 9.59 Å². The van der Waals surface area contributed by atoms with Crippen LogP contribution in [0, 0.1) is 0 Å². The standard InChI is InChI=1S/C23H24N2O4/c26-21-13-20-23(25(21)19(15-29-23)18-9-5-2-6-10-18)11-12-24(20)22(27)16-28-14-17-7-3-1-4-8-17/h1-10,19-20H,11-16H2/t19-,20+,23-/m0/s1. The Morgan fingerprint density at radius 2 is 1.83 bits per heavy atom. The van der Waals surface area contributed by atoms with Crippen LogP contribution in [0.5, 0.6) is 0 Å². The lowest BCUT2D eigenvalue weighted by atomic mass is 10.0. The highest BCUT2D eigenvalue weighted by atomic mass is 16.5. The summed E-state index contributed by atoms with van der Waals surface area (Å²) >= 11 is 0. The number of carbonyl (C=O) groups is 2. The van der Waals surface area contributed by atoms with Crippen LogP contribution in [0.3, 0.4) is 0 Å². The minimum atomic E-state index is -0.688. The van der Waals surface area contributed by atoms with E-state index in [4.69, 9.17) is 9.47 Å². The molecule has 2 aromatic carbocycles. The highest BCUT2D eigenvalue weighted by Gasteiger charge is 2.65. The van der Waals surface area contributed by atoms with Gasteiger partial charge in [0.2, 0.25) is 11.8 Å². The Balaban J connectivity index is 1.28. The Kier molecular flexibility index (Phi) is 4.60. The van der Waals surface area contributed by atoms with E-state index in [1.807, 2.05) is 65.6 Å². The van der Waals surface area contributed by atoms with E-state index in [-0.39, 0.29) is 30.5 Å². The zero-order valence-electron chi connectivity index (χ0n) is 16.2. The highest BCUT2D eigenvalue weighted by molar-refractivity contribution is 5.85. The average molecular weight is 392 g/mol. The van der Waals surface area contributed by atoms with Crippen LogP contribution in [0.1, 0.15) is 30.0 Å². The molecular weight excluding hydrogens is 368 g/mol. The van der Waals surface area contributed by atoms with Gasteiger partial charge in [-0.2, -0.15) is 0 Å². The van der Waals surface area contributed by atoms with Crippen LogP contribution in [0.25, 0.3) is 0 Å². The fraction of sp³-hybridized carbons (Fsp3) is 0.391. The molecule has 0 N–H and O–H groups in total. The summed E-state index contributed by atoms with van der Waals surface area (Å²) in [5.74, 6) is -0.0201. The molecule has 0 aliphatic carbocycles. The van der Waals surface area contributed by atoms with Gasteiger partial charge >= 0.3 is 0 Å². The molecule has 0 aromatic heterocycles. The first-order chi connectivity index (χ1) is 14.2. The highest BCUT2D eigenvalue weighted by Crippen LogP contribution is 2.51. The summed E-state index contributed by atoms with van der Waals surface area (Å²) in [6.07, 6.45) is 0.963. The van der Waals surface area contributed by atoms with E-state index < -0.39 is 5.72 Å². The van der Waals surface area contributed by atoms with Gasteiger partial charge in [0.25, 0.3) is 0 Å². The number of hydrogen-bond donors (Lipinski definition) is 0. The number of benzene rings is 2. The van der Waals surface area contributed by atoms with Crippen molar-refractivity contribution >= 4 is 11.8 Å². The van der Waals surface area contributed by atoms with Gasteiger partial charge in [-0.15, -0.1) is 0 Å². The van der Waals surface area contributed by atoms with Gasteiger partial charge in [-0.25, -0.2) is 0 Å². The molecule has 3 aliphatic rings. The Hall–Kier alpha value is -2.70. The predicted molar refractivity (Wildman–Crippen MR) is 106 cm³/mol. The van der Waals surface area contributed by atoms with Crippen LogP contribution in [0.15, 0.2) is 60.7 Å². The quantitative estimate of drug-likeness (QED) is 0.785. The first-order valence-electron chi connectivity index (χ1n) is 10.1. The van der Waals surface area contributed by atoms with Crippen LogP contribution in [0.2, 0.25) is 0 Å². The van der Waals surface area contributed by atoms with Crippen molar-refractivity contribution in [2.45, 2.75) is 37.3 Å². The molecular formula is C23H24N2O4. The maximum absolute atomic E-state index is 12.9. The summed E-state index contributed by atoms with van der Waals surface area (Å²) in [6, 6.07) is 19.5.